The molecule has 15 heavy (non-hydrogen) atoms. The Balaban J connectivity index is 2.17. The van der Waals surface area contributed by atoms with Crippen LogP contribution in [0.3, 0.4) is 0 Å². The summed E-state index contributed by atoms with van der Waals surface area (Å²) in [5, 5.41) is 2.78. The third-order valence-electron chi connectivity index (χ3n) is 2.41. The standard InChI is InChI=1S/C11H19NO3/c1-8(2)7-15-11(14)12-9-3-5-10(13)6-4-9/h8-9H,3-7H2,1-2H3,(H,12,14). The Morgan fingerprint density at radius 1 is 1.47 bits per heavy atom. The van der Waals surface area contributed by atoms with Crippen molar-refractivity contribution >= 4 is 11.9 Å². The highest BCUT2D eigenvalue weighted by atomic mass is 16.5. The molecular formula is C11H19NO3. The van der Waals surface area contributed by atoms with Crippen LogP contribution >= 0.6 is 0 Å². The number of hydrogen-bond acceptors (Lipinski definition) is 3. The number of Topliss-reactive ketones (excluding diaryl/α,β-unsaturated/α-hetero) is 1. The van der Waals surface area contributed by atoms with E-state index in [-0.39, 0.29) is 12.1 Å². The van der Waals surface area contributed by atoms with Crippen LogP contribution in [0.15, 0.2) is 0 Å². The van der Waals surface area contributed by atoms with Crippen molar-refractivity contribution in [3.8, 4) is 0 Å². The van der Waals surface area contributed by atoms with E-state index < -0.39 is 0 Å². The first kappa shape index (κ1) is 12.0. The summed E-state index contributed by atoms with van der Waals surface area (Å²) >= 11 is 0. The third-order valence-corrected chi connectivity index (χ3v) is 2.41. The van der Waals surface area contributed by atoms with Gasteiger partial charge in [0.05, 0.1) is 6.61 Å². The predicted octanol–water partition coefficient (Wildman–Crippen LogP) is 1.88. The summed E-state index contributed by atoms with van der Waals surface area (Å²) in [6.07, 6.45) is 2.29. The lowest BCUT2D eigenvalue weighted by atomic mass is 9.95. The molecule has 0 aromatic heterocycles. The normalized spacial score (nSPS) is 17.9. The second-order valence-corrected chi connectivity index (χ2v) is 4.45. The molecule has 1 saturated carbocycles. The van der Waals surface area contributed by atoms with Crippen molar-refractivity contribution in [1.29, 1.82) is 0 Å². The van der Waals surface area contributed by atoms with Crippen molar-refractivity contribution in [2.45, 2.75) is 45.6 Å². The fourth-order valence-electron chi connectivity index (χ4n) is 1.53. The van der Waals surface area contributed by atoms with Gasteiger partial charge >= 0.3 is 6.09 Å². The van der Waals surface area contributed by atoms with E-state index in [0.29, 0.717) is 31.1 Å². The molecule has 0 aliphatic heterocycles. The second kappa shape index (κ2) is 5.73. The van der Waals surface area contributed by atoms with Gasteiger partial charge in [0, 0.05) is 18.9 Å². The molecular weight excluding hydrogens is 194 g/mol. The first-order valence-electron chi connectivity index (χ1n) is 5.53. The summed E-state index contributed by atoms with van der Waals surface area (Å²) < 4.78 is 5.00. The first-order chi connectivity index (χ1) is 7.08. The Labute approximate surface area is 90.4 Å². The van der Waals surface area contributed by atoms with Gasteiger partial charge in [0.1, 0.15) is 5.78 Å². The van der Waals surface area contributed by atoms with E-state index in [2.05, 4.69) is 5.32 Å². The molecule has 0 aromatic carbocycles. The van der Waals surface area contributed by atoms with Gasteiger partial charge in [-0.1, -0.05) is 13.8 Å². The molecule has 1 N–H and O–H groups in total. The summed E-state index contributed by atoms with van der Waals surface area (Å²) in [5.74, 6) is 0.646. The zero-order valence-electron chi connectivity index (χ0n) is 9.41. The Bertz CT molecular complexity index is 228. The molecule has 4 nitrogen and oxygen atoms in total. The molecule has 0 aromatic rings. The number of nitrogens with one attached hydrogen (secondary N) is 1. The van der Waals surface area contributed by atoms with Crippen molar-refractivity contribution in [2.75, 3.05) is 6.61 Å². The third kappa shape index (κ3) is 4.81. The Hall–Kier alpha value is -1.06. The molecule has 0 heterocycles. The average Bonchev–Trinajstić information content (AvgIpc) is 2.19. The minimum Gasteiger partial charge on any atom is -0.449 e. The van der Waals surface area contributed by atoms with E-state index in [1.807, 2.05) is 13.8 Å². The minimum atomic E-state index is -0.358. The molecule has 0 saturated heterocycles. The van der Waals surface area contributed by atoms with Crippen LogP contribution in [0.5, 0.6) is 0 Å². The quantitative estimate of drug-likeness (QED) is 0.778. The van der Waals surface area contributed by atoms with Crippen LogP contribution in [0.2, 0.25) is 0 Å². The molecule has 1 amide bonds. The lowest BCUT2D eigenvalue weighted by molar-refractivity contribution is -0.120. The lowest BCUT2D eigenvalue weighted by Gasteiger charge is -2.21. The predicted molar refractivity (Wildman–Crippen MR) is 56.6 cm³/mol. The minimum absolute atomic E-state index is 0.113. The summed E-state index contributed by atoms with van der Waals surface area (Å²) in [4.78, 5) is 22.2. The van der Waals surface area contributed by atoms with E-state index in [0.717, 1.165) is 12.8 Å². The van der Waals surface area contributed by atoms with Gasteiger partial charge in [0.25, 0.3) is 0 Å². The number of ketones is 1. The van der Waals surface area contributed by atoms with Crippen molar-refractivity contribution in [1.82, 2.24) is 5.32 Å². The molecule has 1 aliphatic carbocycles. The summed E-state index contributed by atoms with van der Waals surface area (Å²) in [6, 6.07) is 0.113. The number of hydrogen-bond donors (Lipinski definition) is 1. The van der Waals surface area contributed by atoms with Gasteiger partial charge in [0.2, 0.25) is 0 Å². The van der Waals surface area contributed by atoms with Crippen LogP contribution in [0, 0.1) is 5.92 Å². The summed E-state index contributed by atoms with van der Waals surface area (Å²) in [7, 11) is 0. The van der Waals surface area contributed by atoms with Crippen LogP contribution in [0.4, 0.5) is 4.79 Å². The van der Waals surface area contributed by atoms with Crippen molar-refractivity contribution < 1.29 is 14.3 Å². The number of carbonyl (C=O) groups excluding carboxylic acids is 2. The molecule has 1 fully saturated rings. The molecule has 86 valence electrons. The van der Waals surface area contributed by atoms with E-state index in [1.165, 1.54) is 0 Å². The largest absolute Gasteiger partial charge is 0.449 e. The molecule has 0 atom stereocenters. The zero-order chi connectivity index (χ0) is 11.3. The first-order valence-corrected chi connectivity index (χ1v) is 5.53. The number of alkyl carbamates (subject to hydrolysis) is 1. The molecule has 0 radical (unpaired) electrons. The van der Waals surface area contributed by atoms with E-state index >= 15 is 0 Å². The molecule has 1 aliphatic rings. The highest BCUT2D eigenvalue weighted by Gasteiger charge is 2.20. The van der Waals surface area contributed by atoms with Crippen LogP contribution < -0.4 is 5.32 Å². The number of carbonyl (C=O) groups is 2. The summed E-state index contributed by atoms with van der Waals surface area (Å²) in [6.45, 7) is 4.43. The van der Waals surface area contributed by atoms with Crippen LogP contribution in [0.1, 0.15) is 39.5 Å². The van der Waals surface area contributed by atoms with E-state index in [9.17, 15) is 9.59 Å². The number of amides is 1. The van der Waals surface area contributed by atoms with Crippen molar-refractivity contribution in [3.63, 3.8) is 0 Å². The molecule has 0 bridgehead atoms. The topological polar surface area (TPSA) is 55.4 Å². The Morgan fingerprint density at radius 3 is 2.60 bits per heavy atom. The second-order valence-electron chi connectivity index (χ2n) is 4.45. The van der Waals surface area contributed by atoms with Gasteiger partial charge in [-0.15, -0.1) is 0 Å². The van der Waals surface area contributed by atoms with Gasteiger partial charge in [-0.05, 0) is 18.8 Å². The maximum atomic E-state index is 11.3. The molecule has 0 spiro atoms. The average molecular weight is 213 g/mol. The highest BCUT2D eigenvalue weighted by Crippen LogP contribution is 2.14. The van der Waals surface area contributed by atoms with Gasteiger partial charge in [-0.3, -0.25) is 4.79 Å². The van der Waals surface area contributed by atoms with Crippen LogP contribution in [-0.4, -0.2) is 24.5 Å². The van der Waals surface area contributed by atoms with Gasteiger partial charge in [-0.2, -0.15) is 0 Å². The molecule has 0 unspecified atom stereocenters. The van der Waals surface area contributed by atoms with Crippen LogP contribution in [-0.2, 0) is 9.53 Å². The summed E-state index contributed by atoms with van der Waals surface area (Å²) in [5.41, 5.74) is 0. The SMILES string of the molecule is CC(C)COC(=O)NC1CCC(=O)CC1. The monoisotopic (exact) mass is 213 g/mol. The van der Waals surface area contributed by atoms with Gasteiger partial charge < -0.3 is 10.1 Å². The Morgan fingerprint density at radius 2 is 2.07 bits per heavy atom. The van der Waals surface area contributed by atoms with E-state index in [1.54, 1.807) is 0 Å². The fourth-order valence-corrected chi connectivity index (χ4v) is 1.53. The van der Waals surface area contributed by atoms with E-state index in [4.69, 9.17) is 4.74 Å². The zero-order valence-corrected chi connectivity index (χ0v) is 9.41. The van der Waals surface area contributed by atoms with Gasteiger partial charge in [0.15, 0.2) is 0 Å². The lowest BCUT2D eigenvalue weighted by Crippen LogP contribution is -2.38. The van der Waals surface area contributed by atoms with Gasteiger partial charge in [-0.25, -0.2) is 4.79 Å². The smallest absolute Gasteiger partial charge is 0.407 e. The maximum Gasteiger partial charge on any atom is 0.407 e. The Kier molecular flexibility index (Phi) is 4.59. The highest BCUT2D eigenvalue weighted by molar-refractivity contribution is 5.79. The van der Waals surface area contributed by atoms with Crippen molar-refractivity contribution in [2.24, 2.45) is 5.92 Å². The molecule has 4 heteroatoms. The van der Waals surface area contributed by atoms with Crippen LogP contribution in [0.25, 0.3) is 0 Å². The maximum absolute atomic E-state index is 11.3. The van der Waals surface area contributed by atoms with Crippen molar-refractivity contribution in [3.05, 3.63) is 0 Å². The molecule has 1 rings (SSSR count). The fraction of sp³-hybridized carbons (Fsp3) is 0.818. The number of rotatable bonds is 3. The number of ether oxygens (including phenoxy) is 1.